The van der Waals surface area contributed by atoms with Gasteiger partial charge >= 0.3 is 6.18 Å². The Morgan fingerprint density at radius 3 is 2.35 bits per heavy atom. The van der Waals surface area contributed by atoms with Crippen molar-refractivity contribution in [2.45, 2.75) is 18.2 Å². The summed E-state index contributed by atoms with van der Waals surface area (Å²) in [6.45, 7) is 1.60. The first kappa shape index (κ1) is 17.0. The highest BCUT2D eigenvalue weighted by Crippen LogP contribution is 2.29. The molecule has 1 unspecified atom stereocenters. The van der Waals surface area contributed by atoms with E-state index in [1.54, 1.807) is 13.2 Å². The van der Waals surface area contributed by atoms with E-state index in [1.807, 2.05) is 6.08 Å². The van der Waals surface area contributed by atoms with Gasteiger partial charge in [-0.2, -0.15) is 13.2 Å². The Kier molecular flexibility index (Phi) is 5.62. The SMILES string of the molecule is COC1(/C=C/c2ccc(C(F)(F)F)cc2)CCNC1.Cl. The second-order valence-corrected chi connectivity index (χ2v) is 4.65. The average molecular weight is 308 g/mol. The molecule has 0 amide bonds. The van der Waals surface area contributed by atoms with Crippen LogP contribution >= 0.6 is 12.4 Å². The molecule has 2 rings (SSSR count). The molecule has 1 atom stereocenters. The Balaban J connectivity index is 0.00000200. The van der Waals surface area contributed by atoms with E-state index in [4.69, 9.17) is 4.74 Å². The largest absolute Gasteiger partial charge is 0.416 e. The lowest BCUT2D eigenvalue weighted by Gasteiger charge is -2.22. The highest BCUT2D eigenvalue weighted by Gasteiger charge is 2.31. The average Bonchev–Trinajstić information content (AvgIpc) is 2.85. The monoisotopic (exact) mass is 307 g/mol. The number of nitrogens with one attached hydrogen (secondary N) is 1. The Bertz CT molecular complexity index is 450. The number of benzene rings is 1. The molecule has 1 N–H and O–H groups in total. The van der Waals surface area contributed by atoms with Gasteiger partial charge in [-0.3, -0.25) is 0 Å². The molecule has 1 aliphatic rings. The fourth-order valence-corrected chi connectivity index (χ4v) is 2.10. The van der Waals surface area contributed by atoms with Crippen LogP contribution in [0.2, 0.25) is 0 Å². The fourth-order valence-electron chi connectivity index (χ4n) is 2.10. The van der Waals surface area contributed by atoms with Crippen molar-refractivity contribution in [2.24, 2.45) is 0 Å². The van der Waals surface area contributed by atoms with E-state index in [9.17, 15) is 13.2 Å². The van der Waals surface area contributed by atoms with E-state index in [0.29, 0.717) is 0 Å². The normalized spacial score (nSPS) is 23.0. The lowest BCUT2D eigenvalue weighted by atomic mass is 10.0. The predicted molar refractivity (Wildman–Crippen MR) is 75.0 cm³/mol. The van der Waals surface area contributed by atoms with Gasteiger partial charge < -0.3 is 10.1 Å². The number of hydrogen-bond donors (Lipinski definition) is 1. The van der Waals surface area contributed by atoms with Crippen molar-refractivity contribution >= 4 is 18.5 Å². The summed E-state index contributed by atoms with van der Waals surface area (Å²) in [5, 5.41) is 3.20. The molecule has 20 heavy (non-hydrogen) atoms. The van der Waals surface area contributed by atoms with Gasteiger partial charge in [0.1, 0.15) is 0 Å². The molecular formula is C14H17ClF3NO. The third-order valence-corrected chi connectivity index (χ3v) is 3.37. The van der Waals surface area contributed by atoms with Gasteiger partial charge in [0.05, 0.1) is 11.2 Å². The van der Waals surface area contributed by atoms with Crippen molar-refractivity contribution in [2.75, 3.05) is 20.2 Å². The van der Waals surface area contributed by atoms with Gasteiger partial charge in [-0.1, -0.05) is 24.3 Å². The number of alkyl halides is 3. The Morgan fingerprint density at radius 1 is 1.25 bits per heavy atom. The Morgan fingerprint density at radius 2 is 1.90 bits per heavy atom. The van der Waals surface area contributed by atoms with Crippen molar-refractivity contribution in [1.29, 1.82) is 0 Å². The number of hydrogen-bond acceptors (Lipinski definition) is 2. The summed E-state index contributed by atoms with van der Waals surface area (Å²) in [5.41, 5.74) is -0.243. The minimum absolute atomic E-state index is 0. The van der Waals surface area contributed by atoms with Gasteiger partial charge in [0.25, 0.3) is 0 Å². The van der Waals surface area contributed by atoms with Crippen LogP contribution in [0.15, 0.2) is 30.3 Å². The molecule has 0 aromatic heterocycles. The predicted octanol–water partition coefficient (Wildman–Crippen LogP) is 3.52. The van der Waals surface area contributed by atoms with Crippen LogP contribution in [0.1, 0.15) is 17.5 Å². The maximum Gasteiger partial charge on any atom is 0.416 e. The molecule has 6 heteroatoms. The molecule has 1 aromatic rings. The first-order chi connectivity index (χ1) is 8.95. The first-order valence-electron chi connectivity index (χ1n) is 6.08. The van der Waals surface area contributed by atoms with Gasteiger partial charge in [-0.15, -0.1) is 12.4 Å². The summed E-state index contributed by atoms with van der Waals surface area (Å²) in [4.78, 5) is 0. The van der Waals surface area contributed by atoms with Crippen molar-refractivity contribution in [3.63, 3.8) is 0 Å². The summed E-state index contributed by atoms with van der Waals surface area (Å²) in [6, 6.07) is 5.11. The zero-order valence-corrected chi connectivity index (χ0v) is 11.9. The molecule has 0 bridgehead atoms. The molecular weight excluding hydrogens is 291 g/mol. The molecule has 0 radical (unpaired) electrons. The van der Waals surface area contributed by atoms with Crippen LogP contribution in [-0.2, 0) is 10.9 Å². The zero-order valence-electron chi connectivity index (χ0n) is 11.0. The maximum absolute atomic E-state index is 12.4. The molecule has 1 fully saturated rings. The number of ether oxygens (including phenoxy) is 1. The zero-order chi connectivity index (χ0) is 13.9. The molecule has 0 spiro atoms. The number of methoxy groups -OCH3 is 1. The van der Waals surface area contributed by atoms with E-state index in [1.165, 1.54) is 12.1 Å². The fraction of sp³-hybridized carbons (Fsp3) is 0.429. The summed E-state index contributed by atoms with van der Waals surface area (Å²) < 4.78 is 42.7. The van der Waals surface area contributed by atoms with Gasteiger partial charge in [-0.25, -0.2) is 0 Å². The van der Waals surface area contributed by atoms with Crippen LogP contribution in [0, 0.1) is 0 Å². The van der Waals surface area contributed by atoms with E-state index in [-0.39, 0.29) is 18.0 Å². The van der Waals surface area contributed by atoms with Gasteiger partial charge in [0.2, 0.25) is 0 Å². The Labute approximate surface area is 122 Å². The number of halogens is 4. The van der Waals surface area contributed by atoms with Crippen molar-refractivity contribution < 1.29 is 17.9 Å². The Hall–Kier alpha value is -1.04. The van der Waals surface area contributed by atoms with Gasteiger partial charge in [0, 0.05) is 13.7 Å². The lowest BCUT2D eigenvalue weighted by molar-refractivity contribution is -0.137. The summed E-state index contributed by atoms with van der Waals surface area (Å²) >= 11 is 0. The van der Waals surface area contributed by atoms with E-state index in [0.717, 1.165) is 37.2 Å². The second-order valence-electron chi connectivity index (χ2n) is 4.65. The van der Waals surface area contributed by atoms with Crippen molar-refractivity contribution in [3.8, 4) is 0 Å². The highest BCUT2D eigenvalue weighted by atomic mass is 35.5. The molecule has 1 aliphatic heterocycles. The third-order valence-electron chi connectivity index (χ3n) is 3.37. The van der Waals surface area contributed by atoms with Gasteiger partial charge in [0.15, 0.2) is 0 Å². The minimum atomic E-state index is -4.29. The summed E-state index contributed by atoms with van der Waals surface area (Å²) in [6.07, 6.45) is 0.290. The summed E-state index contributed by atoms with van der Waals surface area (Å²) in [5.74, 6) is 0. The van der Waals surface area contributed by atoms with Crippen LogP contribution in [-0.4, -0.2) is 25.8 Å². The van der Waals surface area contributed by atoms with Crippen LogP contribution < -0.4 is 5.32 Å². The molecule has 1 heterocycles. The molecule has 2 nitrogen and oxygen atoms in total. The van der Waals surface area contributed by atoms with E-state index < -0.39 is 11.7 Å². The minimum Gasteiger partial charge on any atom is -0.373 e. The van der Waals surface area contributed by atoms with Crippen LogP contribution in [0.3, 0.4) is 0 Å². The van der Waals surface area contributed by atoms with Crippen molar-refractivity contribution in [1.82, 2.24) is 5.32 Å². The molecule has 0 aliphatic carbocycles. The smallest absolute Gasteiger partial charge is 0.373 e. The van der Waals surface area contributed by atoms with Crippen LogP contribution in [0.25, 0.3) is 6.08 Å². The topological polar surface area (TPSA) is 21.3 Å². The van der Waals surface area contributed by atoms with E-state index in [2.05, 4.69) is 5.32 Å². The standard InChI is InChI=1S/C14H16F3NO.ClH/c1-19-13(8-9-18-10-13)7-6-11-2-4-12(5-3-11)14(15,16)17;/h2-7,18H,8-10H2,1H3;1H/b7-6+;. The number of rotatable bonds is 3. The second kappa shape index (κ2) is 6.61. The van der Waals surface area contributed by atoms with E-state index >= 15 is 0 Å². The molecule has 1 aromatic carbocycles. The highest BCUT2D eigenvalue weighted by molar-refractivity contribution is 5.85. The molecule has 0 saturated carbocycles. The quantitative estimate of drug-likeness (QED) is 0.922. The maximum atomic E-state index is 12.4. The lowest BCUT2D eigenvalue weighted by Crippen LogP contribution is -2.31. The van der Waals surface area contributed by atoms with Crippen LogP contribution in [0.4, 0.5) is 13.2 Å². The third kappa shape index (κ3) is 3.98. The summed E-state index contributed by atoms with van der Waals surface area (Å²) in [7, 11) is 1.64. The molecule has 112 valence electrons. The van der Waals surface area contributed by atoms with Crippen LogP contribution in [0.5, 0.6) is 0 Å². The van der Waals surface area contributed by atoms with Crippen molar-refractivity contribution in [3.05, 3.63) is 41.5 Å². The molecule has 1 saturated heterocycles. The first-order valence-corrected chi connectivity index (χ1v) is 6.08. The van der Waals surface area contributed by atoms with Gasteiger partial charge in [-0.05, 0) is 30.7 Å².